The summed E-state index contributed by atoms with van der Waals surface area (Å²) >= 11 is 6.13. The molecule has 2 rings (SSSR count). The van der Waals surface area contributed by atoms with Crippen LogP contribution < -0.4 is 10.1 Å². The largest absolute Gasteiger partial charge is 0.489 e. The highest BCUT2D eigenvalue weighted by molar-refractivity contribution is 6.32. The van der Waals surface area contributed by atoms with Crippen LogP contribution in [0, 0.1) is 0 Å². The van der Waals surface area contributed by atoms with E-state index >= 15 is 0 Å². The zero-order chi connectivity index (χ0) is 13.1. The van der Waals surface area contributed by atoms with Gasteiger partial charge in [0.2, 0.25) is 0 Å². The Hall–Kier alpha value is -1.06. The molecule has 0 spiro atoms. The van der Waals surface area contributed by atoms with Crippen LogP contribution in [0.4, 0.5) is 0 Å². The summed E-state index contributed by atoms with van der Waals surface area (Å²) in [5.74, 6) is 0.744. The fourth-order valence-corrected chi connectivity index (χ4v) is 2.34. The van der Waals surface area contributed by atoms with E-state index in [-0.39, 0.29) is 17.9 Å². The quantitative estimate of drug-likeness (QED) is 0.852. The molecule has 1 heterocycles. The topological polar surface area (TPSA) is 38.3 Å². The van der Waals surface area contributed by atoms with Crippen LogP contribution in [-0.4, -0.2) is 24.5 Å². The molecule has 1 fully saturated rings. The Morgan fingerprint density at radius 1 is 1.50 bits per heavy atom. The van der Waals surface area contributed by atoms with E-state index < -0.39 is 0 Å². The Balaban J connectivity index is 2.15. The molecule has 0 radical (unpaired) electrons. The van der Waals surface area contributed by atoms with Crippen LogP contribution >= 0.6 is 11.6 Å². The van der Waals surface area contributed by atoms with E-state index in [0.717, 1.165) is 19.4 Å². The molecule has 1 aliphatic rings. The molecule has 1 unspecified atom stereocenters. The predicted octanol–water partition coefficient (Wildman–Crippen LogP) is 3.06. The van der Waals surface area contributed by atoms with Gasteiger partial charge in [-0.05, 0) is 51.4 Å². The van der Waals surface area contributed by atoms with Crippen molar-refractivity contribution >= 4 is 17.4 Å². The molecule has 0 aromatic heterocycles. The van der Waals surface area contributed by atoms with Crippen LogP contribution in [0.2, 0.25) is 5.02 Å². The van der Waals surface area contributed by atoms with Crippen molar-refractivity contribution in [1.29, 1.82) is 0 Å². The van der Waals surface area contributed by atoms with Gasteiger partial charge in [0.15, 0.2) is 5.78 Å². The standard InChI is InChI=1S/C14H18ClNO2/c1-9(2)18-13-6-5-10(8-11(13)15)14(17)12-4-3-7-16-12/h5-6,8-9,12,16H,3-4,7H2,1-2H3. The van der Waals surface area contributed by atoms with E-state index in [4.69, 9.17) is 16.3 Å². The van der Waals surface area contributed by atoms with Gasteiger partial charge in [-0.15, -0.1) is 0 Å². The molecule has 3 nitrogen and oxygen atoms in total. The number of Topliss-reactive ketones (excluding diaryl/α,β-unsaturated/α-hetero) is 1. The summed E-state index contributed by atoms with van der Waals surface area (Å²) in [5.41, 5.74) is 0.649. The van der Waals surface area contributed by atoms with Gasteiger partial charge in [-0.25, -0.2) is 0 Å². The summed E-state index contributed by atoms with van der Waals surface area (Å²) in [6.45, 7) is 4.80. The average Bonchev–Trinajstić information content (AvgIpc) is 2.84. The van der Waals surface area contributed by atoms with Crippen molar-refractivity contribution in [3.63, 3.8) is 0 Å². The van der Waals surface area contributed by atoms with Gasteiger partial charge in [0.1, 0.15) is 5.75 Å². The number of halogens is 1. The number of carbonyl (C=O) groups excluding carboxylic acids is 1. The molecule has 1 aromatic carbocycles. The van der Waals surface area contributed by atoms with Gasteiger partial charge in [-0.3, -0.25) is 4.79 Å². The zero-order valence-electron chi connectivity index (χ0n) is 10.7. The van der Waals surface area contributed by atoms with Crippen molar-refractivity contribution < 1.29 is 9.53 Å². The highest BCUT2D eigenvalue weighted by atomic mass is 35.5. The highest BCUT2D eigenvalue weighted by Gasteiger charge is 2.23. The fraction of sp³-hybridized carbons (Fsp3) is 0.500. The number of ketones is 1. The number of benzene rings is 1. The predicted molar refractivity (Wildman–Crippen MR) is 72.6 cm³/mol. The van der Waals surface area contributed by atoms with E-state index in [1.54, 1.807) is 18.2 Å². The lowest BCUT2D eigenvalue weighted by atomic mass is 10.0. The Morgan fingerprint density at radius 2 is 2.28 bits per heavy atom. The maximum atomic E-state index is 12.2. The van der Waals surface area contributed by atoms with Gasteiger partial charge in [-0.2, -0.15) is 0 Å². The first-order valence-corrected chi connectivity index (χ1v) is 6.69. The van der Waals surface area contributed by atoms with Gasteiger partial charge >= 0.3 is 0 Å². The number of hydrogen-bond acceptors (Lipinski definition) is 3. The third-order valence-corrected chi connectivity index (χ3v) is 3.25. The Morgan fingerprint density at radius 3 is 2.83 bits per heavy atom. The smallest absolute Gasteiger partial charge is 0.179 e. The zero-order valence-corrected chi connectivity index (χ0v) is 11.5. The number of carbonyl (C=O) groups is 1. The first-order valence-electron chi connectivity index (χ1n) is 6.31. The minimum Gasteiger partial charge on any atom is -0.489 e. The summed E-state index contributed by atoms with van der Waals surface area (Å²) < 4.78 is 5.55. The van der Waals surface area contributed by atoms with Crippen LogP contribution in [0.5, 0.6) is 5.75 Å². The van der Waals surface area contributed by atoms with Crippen LogP contribution in [0.15, 0.2) is 18.2 Å². The Labute approximate surface area is 112 Å². The van der Waals surface area contributed by atoms with Crippen molar-refractivity contribution in [3.05, 3.63) is 28.8 Å². The highest BCUT2D eigenvalue weighted by Crippen LogP contribution is 2.27. The molecule has 0 amide bonds. The molecule has 1 saturated heterocycles. The summed E-state index contributed by atoms with van der Waals surface area (Å²) in [6, 6.07) is 5.19. The van der Waals surface area contributed by atoms with Crippen LogP contribution in [0.3, 0.4) is 0 Å². The van der Waals surface area contributed by atoms with Gasteiger partial charge in [0.25, 0.3) is 0 Å². The fourth-order valence-electron chi connectivity index (χ4n) is 2.11. The number of rotatable bonds is 4. The van der Waals surface area contributed by atoms with Gasteiger partial charge in [-0.1, -0.05) is 11.6 Å². The third kappa shape index (κ3) is 3.03. The lowest BCUT2D eigenvalue weighted by Gasteiger charge is -2.13. The Kier molecular flexibility index (Phi) is 4.25. The number of ether oxygens (including phenoxy) is 1. The van der Waals surface area contributed by atoms with Crippen molar-refractivity contribution in [2.45, 2.75) is 38.8 Å². The molecular weight excluding hydrogens is 250 g/mol. The minimum absolute atomic E-state index is 0.0575. The van der Waals surface area contributed by atoms with Crippen LogP contribution in [0.25, 0.3) is 0 Å². The maximum absolute atomic E-state index is 12.2. The van der Waals surface area contributed by atoms with E-state index in [0.29, 0.717) is 16.3 Å². The SMILES string of the molecule is CC(C)Oc1ccc(C(=O)C2CCCN2)cc1Cl. The number of hydrogen-bond donors (Lipinski definition) is 1. The molecule has 1 N–H and O–H groups in total. The average molecular weight is 268 g/mol. The molecule has 98 valence electrons. The minimum atomic E-state index is -0.0575. The lowest BCUT2D eigenvalue weighted by Crippen LogP contribution is -2.30. The van der Waals surface area contributed by atoms with E-state index in [2.05, 4.69) is 5.32 Å². The second kappa shape index (κ2) is 5.72. The monoisotopic (exact) mass is 267 g/mol. The third-order valence-electron chi connectivity index (χ3n) is 2.96. The molecule has 0 aliphatic carbocycles. The summed E-state index contributed by atoms with van der Waals surface area (Å²) in [5, 5.41) is 3.69. The van der Waals surface area contributed by atoms with Gasteiger partial charge in [0.05, 0.1) is 17.2 Å². The van der Waals surface area contributed by atoms with E-state index in [1.807, 2.05) is 13.8 Å². The molecule has 4 heteroatoms. The van der Waals surface area contributed by atoms with Crippen molar-refractivity contribution in [2.24, 2.45) is 0 Å². The Bertz CT molecular complexity index is 439. The number of nitrogens with one attached hydrogen (secondary N) is 1. The molecule has 1 atom stereocenters. The molecule has 18 heavy (non-hydrogen) atoms. The summed E-state index contributed by atoms with van der Waals surface area (Å²) in [6.07, 6.45) is 2.03. The molecule has 0 saturated carbocycles. The lowest BCUT2D eigenvalue weighted by molar-refractivity contribution is 0.0952. The first kappa shape index (κ1) is 13.4. The van der Waals surface area contributed by atoms with Gasteiger partial charge < -0.3 is 10.1 Å². The van der Waals surface area contributed by atoms with E-state index in [9.17, 15) is 4.79 Å². The second-order valence-corrected chi connectivity index (χ2v) is 5.23. The molecule has 1 aromatic rings. The van der Waals surface area contributed by atoms with E-state index in [1.165, 1.54) is 0 Å². The maximum Gasteiger partial charge on any atom is 0.179 e. The van der Waals surface area contributed by atoms with Crippen molar-refractivity contribution in [2.75, 3.05) is 6.54 Å². The van der Waals surface area contributed by atoms with Crippen molar-refractivity contribution in [1.82, 2.24) is 5.32 Å². The normalized spacial score (nSPS) is 19.2. The van der Waals surface area contributed by atoms with Crippen molar-refractivity contribution in [3.8, 4) is 5.75 Å². The molecular formula is C14H18ClNO2. The van der Waals surface area contributed by atoms with Crippen LogP contribution in [0.1, 0.15) is 37.0 Å². The summed E-state index contributed by atoms with van der Waals surface area (Å²) in [4.78, 5) is 12.2. The first-order chi connectivity index (χ1) is 8.58. The second-order valence-electron chi connectivity index (χ2n) is 4.82. The molecule has 1 aliphatic heterocycles. The van der Waals surface area contributed by atoms with Crippen LogP contribution in [-0.2, 0) is 0 Å². The molecule has 0 bridgehead atoms. The van der Waals surface area contributed by atoms with Gasteiger partial charge in [0, 0.05) is 5.56 Å². The summed E-state index contributed by atoms with van der Waals surface area (Å²) in [7, 11) is 0.